The summed E-state index contributed by atoms with van der Waals surface area (Å²) in [5.74, 6) is -0.316. The Bertz CT molecular complexity index is 839. The first-order chi connectivity index (χ1) is 15.5. The second kappa shape index (κ2) is 11.7. The molecule has 174 valence electrons. The highest BCUT2D eigenvalue weighted by Gasteiger charge is 2.43. The fourth-order valence-corrected chi connectivity index (χ4v) is 4.73. The van der Waals surface area contributed by atoms with Crippen LogP contribution in [-0.2, 0) is 11.2 Å². The maximum absolute atomic E-state index is 14.2. The molecule has 4 heteroatoms. The molecule has 1 aromatic carbocycles. The van der Waals surface area contributed by atoms with Crippen molar-refractivity contribution in [3.63, 3.8) is 0 Å². The van der Waals surface area contributed by atoms with E-state index in [9.17, 15) is 14.3 Å². The van der Waals surface area contributed by atoms with Crippen LogP contribution in [-0.4, -0.2) is 27.6 Å². The van der Waals surface area contributed by atoms with Gasteiger partial charge in [0, 0.05) is 11.8 Å². The lowest BCUT2D eigenvalue weighted by Crippen LogP contribution is -2.46. The topological polar surface area (TPSA) is 50.2 Å². The van der Waals surface area contributed by atoms with E-state index in [1.54, 1.807) is 0 Å². The summed E-state index contributed by atoms with van der Waals surface area (Å²) >= 11 is 0. The minimum atomic E-state index is -1.54. The van der Waals surface area contributed by atoms with Gasteiger partial charge < -0.3 is 5.11 Å². The van der Waals surface area contributed by atoms with E-state index in [0.29, 0.717) is 38.0 Å². The zero-order valence-corrected chi connectivity index (χ0v) is 19.7. The molecular weight excluding hydrogens is 401 g/mol. The molecule has 0 bridgehead atoms. The molecule has 1 heterocycles. The molecule has 3 nitrogen and oxygen atoms in total. The lowest BCUT2D eigenvalue weighted by Gasteiger charge is -2.35. The molecule has 1 atom stereocenters. The second-order valence-electron chi connectivity index (χ2n) is 9.41. The average molecular weight is 440 g/mol. The quantitative estimate of drug-likeness (QED) is 0.385. The molecule has 0 radical (unpaired) electrons. The van der Waals surface area contributed by atoms with Crippen molar-refractivity contribution >= 4 is 5.78 Å². The number of unbranched alkanes of at least 4 members (excludes halogenated alkanes) is 3. The molecule has 1 aromatic heterocycles. The number of aryl methyl sites for hydroxylation is 1. The van der Waals surface area contributed by atoms with Crippen LogP contribution in [0, 0.1) is 0 Å². The Morgan fingerprint density at radius 2 is 1.75 bits per heavy atom. The number of ketones is 1. The van der Waals surface area contributed by atoms with Crippen molar-refractivity contribution in [3.8, 4) is 11.3 Å². The van der Waals surface area contributed by atoms with E-state index in [2.05, 4.69) is 48.3 Å². The maximum Gasteiger partial charge on any atom is 0.198 e. The Kier molecular flexibility index (Phi) is 8.98. The standard InChI is InChI=1S/C28H38FNO2/c1-3-5-7-8-21-10-15-26(30-20-21)24-13-11-22(12-14-24)23-16-18-28(32,19-17-23)27(31)25(29)9-6-4-2/h10-15,20,23,25,32H,3-9,16-19H2,1-2H3. The highest BCUT2D eigenvalue weighted by Crippen LogP contribution is 2.40. The van der Waals surface area contributed by atoms with Crippen molar-refractivity contribution in [2.75, 3.05) is 0 Å². The van der Waals surface area contributed by atoms with Crippen LogP contribution in [0.2, 0.25) is 0 Å². The fourth-order valence-electron chi connectivity index (χ4n) is 4.73. The fraction of sp³-hybridized carbons (Fsp3) is 0.571. The van der Waals surface area contributed by atoms with Gasteiger partial charge in [0.1, 0.15) is 5.60 Å². The molecule has 1 saturated carbocycles. The van der Waals surface area contributed by atoms with Gasteiger partial charge in [-0.1, -0.05) is 69.9 Å². The van der Waals surface area contributed by atoms with Crippen molar-refractivity contribution in [1.29, 1.82) is 0 Å². The Balaban J connectivity index is 1.56. The zero-order valence-electron chi connectivity index (χ0n) is 19.7. The zero-order chi connectivity index (χ0) is 23.0. The van der Waals surface area contributed by atoms with Crippen LogP contribution in [0.5, 0.6) is 0 Å². The summed E-state index contributed by atoms with van der Waals surface area (Å²) in [6, 6.07) is 12.7. The van der Waals surface area contributed by atoms with E-state index in [4.69, 9.17) is 0 Å². The van der Waals surface area contributed by atoms with Gasteiger partial charge in [0.15, 0.2) is 12.0 Å². The number of hydrogen-bond acceptors (Lipinski definition) is 3. The Hall–Kier alpha value is -2.07. The Morgan fingerprint density at radius 3 is 2.34 bits per heavy atom. The number of nitrogens with zero attached hydrogens (tertiary/aromatic N) is 1. The molecule has 0 spiro atoms. The molecule has 1 aliphatic rings. The van der Waals surface area contributed by atoms with Crippen LogP contribution >= 0.6 is 0 Å². The van der Waals surface area contributed by atoms with Gasteiger partial charge in [-0.3, -0.25) is 9.78 Å². The summed E-state index contributed by atoms with van der Waals surface area (Å²) in [5, 5.41) is 10.8. The number of aromatic nitrogens is 1. The number of halogens is 1. The number of rotatable bonds is 11. The largest absolute Gasteiger partial charge is 0.382 e. The molecule has 0 saturated heterocycles. The van der Waals surface area contributed by atoms with Crippen molar-refractivity contribution in [1.82, 2.24) is 4.98 Å². The first-order valence-corrected chi connectivity index (χ1v) is 12.4. The van der Waals surface area contributed by atoms with Gasteiger partial charge in [0.05, 0.1) is 5.69 Å². The first-order valence-electron chi connectivity index (χ1n) is 12.4. The number of carbonyl (C=O) groups excluding carboxylic acids is 1. The average Bonchev–Trinajstić information content (AvgIpc) is 2.83. The number of hydrogen-bond donors (Lipinski definition) is 1. The third kappa shape index (κ3) is 6.25. The third-order valence-electron chi connectivity index (χ3n) is 6.94. The van der Waals surface area contributed by atoms with Crippen LogP contribution in [0.3, 0.4) is 0 Å². The van der Waals surface area contributed by atoms with Crippen LogP contribution in [0.25, 0.3) is 11.3 Å². The summed E-state index contributed by atoms with van der Waals surface area (Å²) in [6.45, 7) is 4.19. The normalized spacial score (nSPS) is 21.9. The molecule has 1 unspecified atom stereocenters. The smallest absolute Gasteiger partial charge is 0.198 e. The summed E-state index contributed by atoms with van der Waals surface area (Å²) in [5.41, 5.74) is 3.07. The van der Waals surface area contributed by atoms with Gasteiger partial charge in [-0.05, 0) is 68.1 Å². The number of benzene rings is 1. The summed E-state index contributed by atoms with van der Waals surface area (Å²) in [7, 11) is 0. The molecule has 0 aliphatic heterocycles. The summed E-state index contributed by atoms with van der Waals surface area (Å²) in [6.07, 6.45) is 9.03. The molecule has 1 N–H and O–H groups in total. The number of aliphatic hydroxyl groups is 1. The highest BCUT2D eigenvalue weighted by atomic mass is 19.1. The van der Waals surface area contributed by atoms with E-state index in [1.807, 2.05) is 13.1 Å². The Labute approximate surface area is 192 Å². The molecule has 2 aromatic rings. The second-order valence-corrected chi connectivity index (χ2v) is 9.41. The van der Waals surface area contributed by atoms with Crippen molar-refractivity contribution in [2.24, 2.45) is 0 Å². The van der Waals surface area contributed by atoms with Gasteiger partial charge in [-0.2, -0.15) is 0 Å². The number of carbonyl (C=O) groups is 1. The number of alkyl halides is 1. The molecule has 0 amide bonds. The van der Waals surface area contributed by atoms with Gasteiger partial charge >= 0.3 is 0 Å². The van der Waals surface area contributed by atoms with Crippen LogP contribution in [0.4, 0.5) is 4.39 Å². The van der Waals surface area contributed by atoms with Gasteiger partial charge in [0.2, 0.25) is 0 Å². The molecule has 1 fully saturated rings. The molecule has 1 aliphatic carbocycles. The SMILES string of the molecule is CCCCCc1ccc(-c2ccc(C3CCC(O)(C(=O)C(F)CCCC)CC3)cc2)nc1. The van der Waals surface area contributed by atoms with Crippen LogP contribution < -0.4 is 0 Å². The van der Waals surface area contributed by atoms with Crippen molar-refractivity contribution < 1.29 is 14.3 Å². The lowest BCUT2D eigenvalue weighted by molar-refractivity contribution is -0.146. The highest BCUT2D eigenvalue weighted by molar-refractivity contribution is 5.91. The molecule has 32 heavy (non-hydrogen) atoms. The molecular formula is C28H38FNO2. The predicted molar refractivity (Wildman–Crippen MR) is 128 cm³/mol. The van der Waals surface area contributed by atoms with Gasteiger partial charge in [-0.15, -0.1) is 0 Å². The van der Waals surface area contributed by atoms with Crippen LogP contribution in [0.15, 0.2) is 42.6 Å². The summed E-state index contributed by atoms with van der Waals surface area (Å²) < 4.78 is 14.2. The predicted octanol–water partition coefficient (Wildman–Crippen LogP) is 6.97. The van der Waals surface area contributed by atoms with Gasteiger partial charge in [-0.25, -0.2) is 4.39 Å². The number of pyridine rings is 1. The van der Waals surface area contributed by atoms with Gasteiger partial charge in [0.25, 0.3) is 0 Å². The van der Waals surface area contributed by atoms with E-state index in [-0.39, 0.29) is 6.42 Å². The van der Waals surface area contributed by atoms with Crippen LogP contribution in [0.1, 0.15) is 95.1 Å². The third-order valence-corrected chi connectivity index (χ3v) is 6.94. The van der Waals surface area contributed by atoms with Crippen molar-refractivity contribution in [3.05, 3.63) is 53.7 Å². The minimum absolute atomic E-state index is 0.219. The maximum atomic E-state index is 14.2. The lowest BCUT2D eigenvalue weighted by atomic mass is 9.73. The minimum Gasteiger partial charge on any atom is -0.382 e. The van der Waals surface area contributed by atoms with Crippen molar-refractivity contribution in [2.45, 2.75) is 102 Å². The first kappa shape index (κ1) is 24.6. The monoisotopic (exact) mass is 439 g/mol. The Morgan fingerprint density at radius 1 is 1.06 bits per heavy atom. The van der Waals surface area contributed by atoms with E-state index in [1.165, 1.54) is 30.4 Å². The number of Topliss-reactive ketones (excluding diaryl/α,β-unsaturated/α-hetero) is 1. The van der Waals surface area contributed by atoms with E-state index < -0.39 is 17.6 Å². The van der Waals surface area contributed by atoms with E-state index in [0.717, 1.165) is 24.1 Å². The molecule has 3 rings (SSSR count). The summed E-state index contributed by atoms with van der Waals surface area (Å²) in [4.78, 5) is 17.1. The van der Waals surface area contributed by atoms with E-state index >= 15 is 0 Å².